The number of nitrogens with zero attached hydrogens (tertiary/aromatic N) is 2. The van der Waals surface area contributed by atoms with E-state index in [2.05, 4.69) is 53.6 Å². The van der Waals surface area contributed by atoms with Gasteiger partial charge in [0.15, 0.2) is 0 Å². The molecule has 112 valence electrons. The fraction of sp³-hybridized carbons (Fsp3) is 0.412. The highest BCUT2D eigenvalue weighted by atomic mass is 16.5. The highest BCUT2D eigenvalue weighted by Crippen LogP contribution is 2.23. The number of aryl methyl sites for hydroxylation is 1. The van der Waals surface area contributed by atoms with Gasteiger partial charge in [-0.15, -0.1) is 0 Å². The Morgan fingerprint density at radius 1 is 1.05 bits per heavy atom. The Balaban J connectivity index is 1.88. The van der Waals surface area contributed by atoms with Crippen molar-refractivity contribution in [2.24, 2.45) is 5.73 Å². The topological polar surface area (TPSA) is 43.4 Å². The Hall–Kier alpha value is -1.78. The van der Waals surface area contributed by atoms with Crippen LogP contribution in [0.5, 0.6) is 0 Å². The van der Waals surface area contributed by atoms with Crippen LogP contribution in [-0.4, -0.2) is 30.9 Å². The van der Waals surface area contributed by atoms with Gasteiger partial charge in [-0.1, -0.05) is 0 Å². The van der Waals surface area contributed by atoms with Crippen LogP contribution in [0.2, 0.25) is 0 Å². The molecule has 1 aliphatic rings. The largest absolute Gasteiger partial charge is 0.378 e. The van der Waals surface area contributed by atoms with Crippen LogP contribution in [0.3, 0.4) is 0 Å². The summed E-state index contributed by atoms with van der Waals surface area (Å²) < 4.78 is 7.67. The Morgan fingerprint density at radius 2 is 1.67 bits per heavy atom. The minimum atomic E-state index is 0.589. The smallest absolute Gasteiger partial charge is 0.0642 e. The Kier molecular flexibility index (Phi) is 3.99. The molecule has 0 saturated carbocycles. The van der Waals surface area contributed by atoms with Crippen molar-refractivity contribution >= 4 is 5.69 Å². The number of nitrogens with two attached hydrogens (primary N) is 1. The molecule has 0 atom stereocenters. The minimum absolute atomic E-state index is 0.589. The lowest BCUT2D eigenvalue weighted by Gasteiger charge is -2.29. The van der Waals surface area contributed by atoms with Crippen LogP contribution in [0.4, 0.5) is 5.69 Å². The van der Waals surface area contributed by atoms with Crippen molar-refractivity contribution in [1.29, 1.82) is 0 Å². The molecule has 4 heteroatoms. The van der Waals surface area contributed by atoms with Crippen molar-refractivity contribution in [3.8, 4) is 5.69 Å². The third kappa shape index (κ3) is 2.69. The third-order valence-corrected chi connectivity index (χ3v) is 4.24. The van der Waals surface area contributed by atoms with E-state index in [1.807, 2.05) is 0 Å². The molecule has 0 aliphatic carbocycles. The predicted molar refractivity (Wildman–Crippen MR) is 86.2 cm³/mol. The van der Waals surface area contributed by atoms with Crippen molar-refractivity contribution in [1.82, 2.24) is 4.57 Å². The standard InChI is InChI=1S/C17H23N3O/c1-13-11-15(12-18)14(2)20(13)17-5-3-16(4-6-17)19-7-9-21-10-8-19/h3-6,11H,7-10,12,18H2,1-2H3. The van der Waals surface area contributed by atoms with Gasteiger partial charge < -0.3 is 19.9 Å². The molecule has 4 nitrogen and oxygen atoms in total. The first-order valence-electron chi connectivity index (χ1n) is 7.51. The van der Waals surface area contributed by atoms with E-state index in [0.29, 0.717) is 6.54 Å². The number of hydrogen-bond acceptors (Lipinski definition) is 3. The molecule has 1 aliphatic heterocycles. The summed E-state index contributed by atoms with van der Waals surface area (Å²) in [5.41, 5.74) is 11.9. The van der Waals surface area contributed by atoms with E-state index in [9.17, 15) is 0 Å². The van der Waals surface area contributed by atoms with Gasteiger partial charge in [-0.2, -0.15) is 0 Å². The Bertz CT molecular complexity index is 610. The second kappa shape index (κ2) is 5.92. The molecule has 21 heavy (non-hydrogen) atoms. The van der Waals surface area contributed by atoms with Crippen LogP contribution in [0.25, 0.3) is 5.69 Å². The third-order valence-electron chi connectivity index (χ3n) is 4.24. The SMILES string of the molecule is Cc1cc(CN)c(C)n1-c1ccc(N2CCOCC2)cc1. The number of morpholine rings is 1. The molecule has 1 fully saturated rings. The number of rotatable bonds is 3. The second-order valence-corrected chi connectivity index (χ2v) is 5.55. The summed E-state index contributed by atoms with van der Waals surface area (Å²) in [6.07, 6.45) is 0. The maximum Gasteiger partial charge on any atom is 0.0642 e. The van der Waals surface area contributed by atoms with E-state index in [1.165, 1.54) is 28.3 Å². The molecule has 2 aromatic rings. The lowest BCUT2D eigenvalue weighted by molar-refractivity contribution is 0.122. The average Bonchev–Trinajstić information content (AvgIpc) is 2.82. The number of anilines is 1. The van der Waals surface area contributed by atoms with Crippen molar-refractivity contribution in [3.63, 3.8) is 0 Å². The van der Waals surface area contributed by atoms with Gasteiger partial charge >= 0.3 is 0 Å². The summed E-state index contributed by atoms with van der Waals surface area (Å²) >= 11 is 0. The fourth-order valence-corrected chi connectivity index (χ4v) is 3.07. The minimum Gasteiger partial charge on any atom is -0.378 e. The Morgan fingerprint density at radius 3 is 2.24 bits per heavy atom. The summed E-state index contributed by atoms with van der Waals surface area (Å²) in [4.78, 5) is 2.37. The molecule has 3 rings (SSSR count). The van der Waals surface area contributed by atoms with Crippen LogP contribution in [0.1, 0.15) is 17.0 Å². The molecule has 1 saturated heterocycles. The van der Waals surface area contributed by atoms with Gasteiger partial charge in [0.2, 0.25) is 0 Å². The first-order valence-corrected chi connectivity index (χ1v) is 7.51. The van der Waals surface area contributed by atoms with Crippen LogP contribution in [0, 0.1) is 13.8 Å². The molecule has 1 aromatic heterocycles. The van der Waals surface area contributed by atoms with Crippen LogP contribution < -0.4 is 10.6 Å². The van der Waals surface area contributed by atoms with Gasteiger partial charge in [0, 0.05) is 42.4 Å². The van der Waals surface area contributed by atoms with E-state index >= 15 is 0 Å². The van der Waals surface area contributed by atoms with Gasteiger partial charge in [-0.25, -0.2) is 0 Å². The summed E-state index contributed by atoms with van der Waals surface area (Å²) in [6.45, 7) is 8.42. The average molecular weight is 285 g/mol. The molecular weight excluding hydrogens is 262 g/mol. The Labute approximate surface area is 126 Å². The lowest BCUT2D eigenvalue weighted by Crippen LogP contribution is -2.36. The van der Waals surface area contributed by atoms with Crippen molar-refractivity contribution in [3.05, 3.63) is 47.3 Å². The lowest BCUT2D eigenvalue weighted by atomic mass is 10.2. The van der Waals surface area contributed by atoms with Crippen LogP contribution >= 0.6 is 0 Å². The molecule has 2 heterocycles. The molecule has 2 N–H and O–H groups in total. The van der Waals surface area contributed by atoms with Crippen molar-refractivity contribution in [2.45, 2.75) is 20.4 Å². The van der Waals surface area contributed by atoms with E-state index in [0.717, 1.165) is 26.3 Å². The van der Waals surface area contributed by atoms with Gasteiger partial charge in [-0.3, -0.25) is 0 Å². The van der Waals surface area contributed by atoms with E-state index < -0.39 is 0 Å². The van der Waals surface area contributed by atoms with Crippen molar-refractivity contribution in [2.75, 3.05) is 31.2 Å². The highest BCUT2D eigenvalue weighted by Gasteiger charge is 2.12. The summed E-state index contributed by atoms with van der Waals surface area (Å²) in [7, 11) is 0. The number of benzene rings is 1. The highest BCUT2D eigenvalue weighted by molar-refractivity contribution is 5.52. The predicted octanol–water partition coefficient (Wildman–Crippen LogP) is 2.39. The van der Waals surface area contributed by atoms with Gasteiger partial charge in [-0.05, 0) is 49.7 Å². The monoisotopic (exact) mass is 285 g/mol. The fourth-order valence-electron chi connectivity index (χ4n) is 3.07. The second-order valence-electron chi connectivity index (χ2n) is 5.55. The zero-order valence-electron chi connectivity index (χ0n) is 12.8. The van der Waals surface area contributed by atoms with E-state index in [4.69, 9.17) is 10.5 Å². The van der Waals surface area contributed by atoms with Crippen LogP contribution in [-0.2, 0) is 11.3 Å². The molecule has 0 bridgehead atoms. The summed E-state index contributed by atoms with van der Waals surface area (Å²) in [5.74, 6) is 0. The zero-order valence-corrected chi connectivity index (χ0v) is 12.8. The summed E-state index contributed by atoms with van der Waals surface area (Å²) in [6, 6.07) is 10.9. The van der Waals surface area contributed by atoms with Crippen molar-refractivity contribution < 1.29 is 4.74 Å². The summed E-state index contributed by atoms with van der Waals surface area (Å²) in [5, 5.41) is 0. The molecule has 0 unspecified atom stereocenters. The number of ether oxygens (including phenoxy) is 1. The van der Waals surface area contributed by atoms with Gasteiger partial charge in [0.25, 0.3) is 0 Å². The molecule has 0 spiro atoms. The number of hydrogen-bond donors (Lipinski definition) is 1. The quantitative estimate of drug-likeness (QED) is 0.941. The van der Waals surface area contributed by atoms with E-state index in [1.54, 1.807) is 0 Å². The van der Waals surface area contributed by atoms with Gasteiger partial charge in [0.1, 0.15) is 0 Å². The zero-order chi connectivity index (χ0) is 14.8. The maximum absolute atomic E-state index is 5.80. The molecular formula is C17H23N3O. The molecule has 0 radical (unpaired) electrons. The maximum atomic E-state index is 5.80. The first kappa shape index (κ1) is 14.2. The van der Waals surface area contributed by atoms with E-state index in [-0.39, 0.29) is 0 Å². The van der Waals surface area contributed by atoms with Crippen LogP contribution in [0.15, 0.2) is 30.3 Å². The van der Waals surface area contributed by atoms with Gasteiger partial charge in [0.05, 0.1) is 13.2 Å². The number of aromatic nitrogens is 1. The normalized spacial score (nSPS) is 15.5. The molecule has 0 amide bonds. The molecule has 1 aromatic carbocycles. The first-order chi connectivity index (χ1) is 10.2.